The first-order valence-electron chi connectivity index (χ1n) is 9.00. The fourth-order valence-corrected chi connectivity index (χ4v) is 3.51. The first-order valence-corrected chi connectivity index (χ1v) is 9.80. The lowest BCUT2D eigenvalue weighted by Crippen LogP contribution is -2.57. The molecule has 0 bridgehead atoms. The molecule has 0 aromatic heterocycles. The van der Waals surface area contributed by atoms with Gasteiger partial charge in [0.05, 0.1) is 11.4 Å². The van der Waals surface area contributed by atoms with Gasteiger partial charge in [0, 0.05) is 10.0 Å². The Morgan fingerprint density at radius 2 is 1.23 bits per heavy atom. The van der Waals surface area contributed by atoms with Crippen molar-refractivity contribution in [1.29, 1.82) is 0 Å². The summed E-state index contributed by atoms with van der Waals surface area (Å²) in [4.78, 5) is 41.5. The van der Waals surface area contributed by atoms with Crippen LogP contribution in [0.5, 0.6) is 5.75 Å². The van der Waals surface area contributed by atoms with Gasteiger partial charge in [-0.25, -0.2) is 14.6 Å². The number of urea groups is 1. The molecule has 1 heterocycles. The van der Waals surface area contributed by atoms with Gasteiger partial charge in [0.25, 0.3) is 11.8 Å². The number of hydrogen-bond acceptors (Lipinski definition) is 4. The van der Waals surface area contributed by atoms with E-state index in [4.69, 9.17) is 0 Å². The number of hydrogen-bond donors (Lipinski definition) is 1. The number of rotatable bonds is 3. The van der Waals surface area contributed by atoms with Crippen molar-refractivity contribution in [2.75, 3.05) is 9.80 Å². The van der Waals surface area contributed by atoms with Crippen molar-refractivity contribution >= 4 is 51.2 Å². The number of phenols is 1. The fourth-order valence-electron chi connectivity index (χ4n) is 3.14. The van der Waals surface area contributed by atoms with E-state index in [0.29, 0.717) is 15.8 Å². The van der Waals surface area contributed by atoms with Gasteiger partial charge in [-0.2, -0.15) is 0 Å². The molecule has 0 unspecified atom stereocenters. The van der Waals surface area contributed by atoms with Gasteiger partial charge in [-0.15, -0.1) is 0 Å². The summed E-state index contributed by atoms with van der Waals surface area (Å²) in [5, 5.41) is 10.2. The summed E-state index contributed by atoms with van der Waals surface area (Å²) in [6.07, 6.45) is 1.29. The number of phenolic OH excluding ortho intramolecular Hbond substituents is 1. The van der Waals surface area contributed by atoms with E-state index in [9.17, 15) is 19.5 Å². The van der Waals surface area contributed by atoms with Crippen LogP contribution in [0.4, 0.5) is 16.2 Å². The smallest absolute Gasteiger partial charge is 0.343 e. The third-order valence-electron chi connectivity index (χ3n) is 4.57. The zero-order valence-electron chi connectivity index (χ0n) is 15.5. The second-order valence-corrected chi connectivity index (χ2v) is 7.41. The van der Waals surface area contributed by atoms with E-state index >= 15 is 0 Å². The van der Waals surface area contributed by atoms with Gasteiger partial charge < -0.3 is 5.11 Å². The van der Waals surface area contributed by atoms with Crippen LogP contribution in [0.3, 0.4) is 0 Å². The minimum Gasteiger partial charge on any atom is -0.507 e. The Kier molecular flexibility index (Phi) is 5.20. The van der Waals surface area contributed by atoms with Crippen LogP contribution in [-0.4, -0.2) is 23.0 Å². The van der Waals surface area contributed by atoms with Crippen molar-refractivity contribution in [3.8, 4) is 5.75 Å². The summed E-state index contributed by atoms with van der Waals surface area (Å²) in [7, 11) is 0. The number of benzene rings is 3. The summed E-state index contributed by atoms with van der Waals surface area (Å²) < 4.78 is 0.666. The van der Waals surface area contributed by atoms with E-state index in [1.807, 2.05) is 0 Å². The largest absolute Gasteiger partial charge is 0.507 e. The molecule has 1 fully saturated rings. The Hall–Kier alpha value is -3.71. The van der Waals surface area contributed by atoms with E-state index in [1.165, 1.54) is 12.1 Å². The van der Waals surface area contributed by atoms with Crippen molar-refractivity contribution in [1.82, 2.24) is 0 Å². The molecule has 30 heavy (non-hydrogen) atoms. The number of carbonyl (C=O) groups excluding carboxylic acids is 3. The van der Waals surface area contributed by atoms with Gasteiger partial charge in [-0.1, -0.05) is 52.3 Å². The summed E-state index contributed by atoms with van der Waals surface area (Å²) >= 11 is 3.31. The fraction of sp³-hybridized carbons (Fsp3) is 0. The lowest BCUT2D eigenvalue weighted by molar-refractivity contribution is -0.121. The maximum atomic E-state index is 13.2. The van der Waals surface area contributed by atoms with Crippen LogP contribution in [0.15, 0.2) is 88.9 Å². The maximum Gasteiger partial charge on any atom is 0.343 e. The number of para-hydroxylation sites is 2. The van der Waals surface area contributed by atoms with Crippen LogP contribution in [0.25, 0.3) is 6.08 Å². The molecule has 1 aliphatic rings. The molecular formula is C23H15BrN2O4. The highest BCUT2D eigenvalue weighted by Crippen LogP contribution is 2.31. The quantitative estimate of drug-likeness (QED) is 0.450. The number of barbiturate groups is 1. The average Bonchev–Trinajstić information content (AvgIpc) is 2.75. The van der Waals surface area contributed by atoms with E-state index < -0.39 is 17.8 Å². The molecule has 3 aromatic carbocycles. The van der Waals surface area contributed by atoms with Crippen molar-refractivity contribution in [3.63, 3.8) is 0 Å². The zero-order valence-corrected chi connectivity index (χ0v) is 17.1. The van der Waals surface area contributed by atoms with Crippen molar-refractivity contribution in [2.24, 2.45) is 0 Å². The van der Waals surface area contributed by atoms with Gasteiger partial charge in [0.15, 0.2) is 0 Å². The topological polar surface area (TPSA) is 77.9 Å². The zero-order chi connectivity index (χ0) is 21.3. The van der Waals surface area contributed by atoms with E-state index in [0.717, 1.165) is 9.80 Å². The normalized spacial score (nSPS) is 14.3. The minimum absolute atomic E-state index is 0.0966. The SMILES string of the molecule is O=C1C(=Cc2cc(Br)ccc2O)C(=O)N(c2ccccc2)C(=O)N1c1ccccc1. The molecule has 0 spiro atoms. The Balaban J connectivity index is 1.90. The molecule has 3 aromatic rings. The van der Waals surface area contributed by atoms with Crippen LogP contribution in [-0.2, 0) is 9.59 Å². The molecule has 1 saturated heterocycles. The molecule has 1 N–H and O–H groups in total. The van der Waals surface area contributed by atoms with Crippen molar-refractivity contribution in [3.05, 3.63) is 94.5 Å². The van der Waals surface area contributed by atoms with Crippen LogP contribution in [0.1, 0.15) is 5.56 Å². The highest BCUT2D eigenvalue weighted by molar-refractivity contribution is 9.10. The molecule has 1 aliphatic heterocycles. The molecule has 4 amide bonds. The van der Waals surface area contributed by atoms with Gasteiger partial charge in [-0.05, 0) is 48.5 Å². The van der Waals surface area contributed by atoms with Crippen LogP contribution < -0.4 is 9.80 Å². The summed E-state index contributed by atoms with van der Waals surface area (Å²) in [5.41, 5.74) is 0.711. The second kappa shape index (κ2) is 7.96. The summed E-state index contributed by atoms with van der Waals surface area (Å²) in [6, 6.07) is 20.7. The molecule has 6 nitrogen and oxygen atoms in total. The number of aromatic hydroxyl groups is 1. The van der Waals surface area contributed by atoms with Crippen LogP contribution in [0.2, 0.25) is 0 Å². The number of nitrogens with zero attached hydrogens (tertiary/aromatic N) is 2. The Morgan fingerprint density at radius 1 is 0.733 bits per heavy atom. The summed E-state index contributed by atoms with van der Waals surface area (Å²) in [6.45, 7) is 0. The molecular weight excluding hydrogens is 448 g/mol. The van der Waals surface area contributed by atoms with Crippen LogP contribution >= 0.6 is 15.9 Å². The number of carbonyl (C=O) groups is 3. The first-order chi connectivity index (χ1) is 14.5. The Bertz CT molecular complexity index is 1110. The van der Waals surface area contributed by atoms with Gasteiger partial charge in [-0.3, -0.25) is 9.59 Å². The molecule has 7 heteroatoms. The standard InChI is InChI=1S/C23H15BrN2O4/c24-16-11-12-20(27)15(13-16)14-19-21(28)25(17-7-3-1-4-8-17)23(30)26(22(19)29)18-9-5-2-6-10-18/h1-14,27H. The number of halogens is 1. The number of anilines is 2. The van der Waals surface area contributed by atoms with Gasteiger partial charge in [0.1, 0.15) is 11.3 Å². The third-order valence-corrected chi connectivity index (χ3v) is 5.06. The van der Waals surface area contributed by atoms with E-state index in [2.05, 4.69) is 15.9 Å². The molecule has 0 radical (unpaired) electrons. The molecule has 148 valence electrons. The highest BCUT2D eigenvalue weighted by atomic mass is 79.9. The predicted molar refractivity (Wildman–Crippen MR) is 117 cm³/mol. The van der Waals surface area contributed by atoms with Crippen molar-refractivity contribution < 1.29 is 19.5 Å². The van der Waals surface area contributed by atoms with E-state index in [-0.39, 0.29) is 16.9 Å². The molecule has 0 saturated carbocycles. The molecule has 0 atom stereocenters. The molecule has 0 aliphatic carbocycles. The first kappa shape index (κ1) is 19.6. The Morgan fingerprint density at radius 3 is 1.73 bits per heavy atom. The highest BCUT2D eigenvalue weighted by Gasteiger charge is 2.43. The number of imide groups is 2. The predicted octanol–water partition coefficient (Wildman–Crippen LogP) is 4.74. The Labute approximate surface area is 180 Å². The van der Waals surface area contributed by atoms with E-state index in [1.54, 1.807) is 72.8 Å². The average molecular weight is 463 g/mol. The maximum absolute atomic E-state index is 13.2. The van der Waals surface area contributed by atoms with Gasteiger partial charge in [0.2, 0.25) is 0 Å². The molecule has 4 rings (SSSR count). The second-order valence-electron chi connectivity index (χ2n) is 6.50. The third kappa shape index (κ3) is 3.51. The lowest BCUT2D eigenvalue weighted by atomic mass is 10.0. The summed E-state index contributed by atoms with van der Waals surface area (Å²) in [5.74, 6) is -1.62. The van der Waals surface area contributed by atoms with Crippen LogP contribution in [0, 0.1) is 0 Å². The minimum atomic E-state index is -0.766. The van der Waals surface area contributed by atoms with Gasteiger partial charge >= 0.3 is 6.03 Å². The number of amides is 4. The lowest BCUT2D eigenvalue weighted by Gasteiger charge is -2.33. The monoisotopic (exact) mass is 462 g/mol. The van der Waals surface area contributed by atoms with Crippen molar-refractivity contribution in [2.45, 2.75) is 0 Å².